The van der Waals surface area contributed by atoms with E-state index >= 15 is 0 Å². The Morgan fingerprint density at radius 2 is 1.00 bits per heavy atom. The van der Waals surface area contributed by atoms with Gasteiger partial charge in [-0.2, -0.15) is 0 Å². The third kappa shape index (κ3) is 6.94. The fraction of sp³-hybridized carbons (Fsp3) is 0.143. The van der Waals surface area contributed by atoms with Crippen LogP contribution in [0.25, 0.3) is 12.2 Å². The van der Waals surface area contributed by atoms with Crippen LogP contribution in [0.3, 0.4) is 0 Å². The number of para-hydroxylation sites is 1. The average molecular weight is 442 g/mol. The third-order valence-corrected chi connectivity index (χ3v) is 5.02. The normalized spacial score (nSPS) is 11.6. The number of ether oxygens (including phenoxy) is 2. The number of methoxy groups -OCH3 is 2. The number of nitrogens with zero attached hydrogens (tertiary/aromatic N) is 1. The number of esters is 2. The van der Waals surface area contributed by atoms with Crippen molar-refractivity contribution in [3.05, 3.63) is 113 Å². The van der Waals surface area contributed by atoms with Gasteiger partial charge >= 0.3 is 11.9 Å². The number of carbonyl (C=O) groups excluding carboxylic acids is 2. The smallest absolute Gasteiger partial charge is 0.335 e. The first-order valence-corrected chi connectivity index (χ1v) is 10.6. The lowest BCUT2D eigenvalue weighted by atomic mass is 10.1. The SMILES string of the molecule is COC(=O)/C(=C/c1ccccc1)CN(C/C(=C\c1ccccc1)C(=O)OC)c1ccccc1. The molecule has 3 aromatic rings. The van der Waals surface area contributed by atoms with Gasteiger partial charge in [-0.25, -0.2) is 9.59 Å². The molecule has 5 nitrogen and oxygen atoms in total. The highest BCUT2D eigenvalue weighted by Gasteiger charge is 2.20. The minimum Gasteiger partial charge on any atom is -0.466 e. The van der Waals surface area contributed by atoms with Gasteiger partial charge in [0.15, 0.2) is 0 Å². The minimum atomic E-state index is -0.425. The molecule has 0 aliphatic rings. The summed E-state index contributed by atoms with van der Waals surface area (Å²) in [7, 11) is 2.73. The van der Waals surface area contributed by atoms with E-state index in [2.05, 4.69) is 0 Å². The Bertz CT molecular complexity index is 1030. The molecule has 0 atom stereocenters. The van der Waals surface area contributed by atoms with E-state index in [4.69, 9.17) is 9.47 Å². The van der Waals surface area contributed by atoms with Crippen molar-refractivity contribution in [3.63, 3.8) is 0 Å². The zero-order valence-corrected chi connectivity index (χ0v) is 18.8. The maximum Gasteiger partial charge on any atom is 0.335 e. The molecule has 0 N–H and O–H groups in total. The zero-order valence-electron chi connectivity index (χ0n) is 18.8. The predicted molar refractivity (Wildman–Crippen MR) is 132 cm³/mol. The highest BCUT2D eigenvalue weighted by Crippen LogP contribution is 2.20. The highest BCUT2D eigenvalue weighted by atomic mass is 16.5. The molecular weight excluding hydrogens is 414 g/mol. The number of benzene rings is 3. The van der Waals surface area contributed by atoms with Crippen LogP contribution in [0.15, 0.2) is 102 Å². The molecule has 0 amide bonds. The molecule has 168 valence electrons. The van der Waals surface area contributed by atoms with Gasteiger partial charge in [0, 0.05) is 5.69 Å². The molecule has 0 fully saturated rings. The van der Waals surface area contributed by atoms with E-state index in [0.717, 1.165) is 16.8 Å². The molecular formula is C28H27NO4. The second kappa shape index (κ2) is 12.1. The van der Waals surface area contributed by atoms with Gasteiger partial charge in [-0.3, -0.25) is 0 Å². The van der Waals surface area contributed by atoms with E-state index < -0.39 is 11.9 Å². The largest absolute Gasteiger partial charge is 0.466 e. The van der Waals surface area contributed by atoms with Gasteiger partial charge in [-0.05, 0) is 35.4 Å². The van der Waals surface area contributed by atoms with Crippen LogP contribution >= 0.6 is 0 Å². The summed E-state index contributed by atoms with van der Waals surface area (Å²) in [4.78, 5) is 27.2. The molecule has 33 heavy (non-hydrogen) atoms. The monoisotopic (exact) mass is 441 g/mol. The van der Waals surface area contributed by atoms with Gasteiger partial charge in [0.05, 0.1) is 38.5 Å². The lowest BCUT2D eigenvalue weighted by Gasteiger charge is -2.26. The Morgan fingerprint density at radius 1 is 0.636 bits per heavy atom. The van der Waals surface area contributed by atoms with Crippen LogP contribution in [0.1, 0.15) is 11.1 Å². The summed E-state index contributed by atoms with van der Waals surface area (Å²) in [5, 5.41) is 0. The summed E-state index contributed by atoms with van der Waals surface area (Å²) in [6, 6.07) is 28.8. The number of rotatable bonds is 9. The van der Waals surface area contributed by atoms with Crippen molar-refractivity contribution in [2.75, 3.05) is 32.2 Å². The number of anilines is 1. The second-order valence-corrected chi connectivity index (χ2v) is 7.34. The van der Waals surface area contributed by atoms with E-state index in [1.165, 1.54) is 14.2 Å². The van der Waals surface area contributed by atoms with Crippen molar-refractivity contribution in [1.82, 2.24) is 0 Å². The Kier molecular flexibility index (Phi) is 8.60. The van der Waals surface area contributed by atoms with E-state index in [9.17, 15) is 9.59 Å². The van der Waals surface area contributed by atoms with Crippen molar-refractivity contribution in [2.24, 2.45) is 0 Å². The van der Waals surface area contributed by atoms with Crippen molar-refractivity contribution in [1.29, 1.82) is 0 Å². The molecule has 0 saturated carbocycles. The maximum atomic E-state index is 12.6. The van der Waals surface area contributed by atoms with Crippen molar-refractivity contribution >= 4 is 29.8 Å². The molecule has 0 spiro atoms. The zero-order chi connectivity index (χ0) is 23.5. The Morgan fingerprint density at radius 3 is 1.36 bits per heavy atom. The molecule has 0 aromatic heterocycles. The van der Waals surface area contributed by atoms with Crippen LogP contribution in [0.2, 0.25) is 0 Å². The van der Waals surface area contributed by atoms with Crippen LogP contribution in [0.5, 0.6) is 0 Å². The standard InChI is InChI=1S/C28H27NO4/c1-32-27(30)24(18-22-12-6-3-7-13-22)20-29(26-16-10-5-11-17-26)21-25(28(31)33-2)19-23-14-8-4-9-15-23/h3-19H,20-21H2,1-2H3/b24-18+,25-19+. The van der Waals surface area contributed by atoms with Gasteiger partial charge in [-0.1, -0.05) is 78.9 Å². The highest BCUT2D eigenvalue weighted by molar-refractivity contribution is 5.96. The summed E-state index contributed by atoms with van der Waals surface area (Å²) < 4.78 is 10.1. The molecule has 0 bridgehead atoms. The maximum absolute atomic E-state index is 12.6. The Balaban J connectivity index is 2.00. The molecule has 0 saturated heterocycles. The summed E-state index contributed by atoms with van der Waals surface area (Å²) in [5.74, 6) is -0.849. The topological polar surface area (TPSA) is 55.8 Å². The van der Waals surface area contributed by atoms with Gasteiger partial charge < -0.3 is 14.4 Å². The first-order chi connectivity index (χ1) is 16.1. The van der Waals surface area contributed by atoms with Crippen LogP contribution < -0.4 is 4.90 Å². The molecule has 5 heteroatoms. The van der Waals surface area contributed by atoms with E-state index in [0.29, 0.717) is 11.1 Å². The summed E-state index contributed by atoms with van der Waals surface area (Å²) in [5.41, 5.74) is 3.58. The first kappa shape index (κ1) is 23.5. The average Bonchev–Trinajstić information content (AvgIpc) is 2.88. The fourth-order valence-corrected chi connectivity index (χ4v) is 3.39. The predicted octanol–water partition coefficient (Wildman–Crippen LogP) is 5.01. The van der Waals surface area contributed by atoms with Crippen molar-refractivity contribution < 1.29 is 19.1 Å². The van der Waals surface area contributed by atoms with Crippen LogP contribution in [0.4, 0.5) is 5.69 Å². The van der Waals surface area contributed by atoms with Crippen LogP contribution in [-0.4, -0.2) is 39.2 Å². The molecule has 3 aromatic carbocycles. The van der Waals surface area contributed by atoms with Crippen LogP contribution in [0, 0.1) is 0 Å². The molecule has 0 heterocycles. The summed E-state index contributed by atoms with van der Waals surface area (Å²) >= 11 is 0. The lowest BCUT2D eigenvalue weighted by Crippen LogP contribution is -2.32. The van der Waals surface area contributed by atoms with E-state index in [1.54, 1.807) is 12.2 Å². The van der Waals surface area contributed by atoms with Crippen molar-refractivity contribution in [3.8, 4) is 0 Å². The summed E-state index contributed by atoms with van der Waals surface area (Å²) in [6.07, 6.45) is 3.61. The Labute approximate surface area is 194 Å². The lowest BCUT2D eigenvalue weighted by molar-refractivity contribution is -0.136. The first-order valence-electron chi connectivity index (χ1n) is 10.6. The Hall–Kier alpha value is -4.12. The van der Waals surface area contributed by atoms with Gasteiger partial charge in [-0.15, -0.1) is 0 Å². The van der Waals surface area contributed by atoms with E-state index in [-0.39, 0.29) is 13.1 Å². The van der Waals surface area contributed by atoms with Crippen LogP contribution in [-0.2, 0) is 19.1 Å². The molecule has 0 unspecified atom stereocenters. The number of hydrogen-bond donors (Lipinski definition) is 0. The minimum absolute atomic E-state index is 0.245. The molecule has 0 radical (unpaired) electrons. The molecule has 0 aliphatic carbocycles. The number of carbonyl (C=O) groups is 2. The second-order valence-electron chi connectivity index (χ2n) is 7.34. The van der Waals surface area contributed by atoms with E-state index in [1.807, 2.05) is 95.9 Å². The fourth-order valence-electron chi connectivity index (χ4n) is 3.39. The third-order valence-electron chi connectivity index (χ3n) is 5.02. The number of hydrogen-bond acceptors (Lipinski definition) is 5. The van der Waals surface area contributed by atoms with Crippen molar-refractivity contribution in [2.45, 2.75) is 0 Å². The molecule has 3 rings (SSSR count). The van der Waals surface area contributed by atoms with Gasteiger partial charge in [0.1, 0.15) is 0 Å². The quantitative estimate of drug-likeness (QED) is 0.345. The van der Waals surface area contributed by atoms with Gasteiger partial charge in [0.25, 0.3) is 0 Å². The van der Waals surface area contributed by atoms with Gasteiger partial charge in [0.2, 0.25) is 0 Å². The summed E-state index contributed by atoms with van der Waals surface area (Å²) in [6.45, 7) is 0.489. The molecule has 0 aliphatic heterocycles.